The first-order valence-corrected chi connectivity index (χ1v) is 12.0. The summed E-state index contributed by atoms with van der Waals surface area (Å²) < 4.78 is 37.7. The molecule has 0 saturated carbocycles. The van der Waals surface area contributed by atoms with E-state index in [1.165, 1.54) is 29.6 Å². The van der Waals surface area contributed by atoms with Gasteiger partial charge in [-0.2, -0.15) is 4.31 Å². The van der Waals surface area contributed by atoms with Gasteiger partial charge in [0, 0.05) is 24.2 Å². The van der Waals surface area contributed by atoms with Crippen LogP contribution in [0.4, 0.5) is 5.69 Å². The van der Waals surface area contributed by atoms with Crippen LogP contribution in [0.2, 0.25) is 0 Å². The van der Waals surface area contributed by atoms with Gasteiger partial charge < -0.3 is 14.8 Å². The van der Waals surface area contributed by atoms with Crippen LogP contribution in [-0.4, -0.2) is 51.4 Å². The first-order chi connectivity index (χ1) is 15.9. The lowest BCUT2D eigenvalue weighted by Gasteiger charge is -2.18. The molecule has 1 N–H and O–H groups in total. The van der Waals surface area contributed by atoms with Gasteiger partial charge in [-0.15, -0.1) is 0 Å². The van der Waals surface area contributed by atoms with E-state index in [0.717, 1.165) is 23.6 Å². The molecule has 0 spiro atoms. The number of hydrogen-bond acceptors (Lipinski definition) is 6. The van der Waals surface area contributed by atoms with Crippen molar-refractivity contribution in [2.75, 3.05) is 32.1 Å². The minimum atomic E-state index is -3.81. The summed E-state index contributed by atoms with van der Waals surface area (Å²) >= 11 is 0. The first-order valence-electron chi connectivity index (χ1n) is 10.5. The molecule has 1 heterocycles. The Hall–Kier alpha value is -3.43. The van der Waals surface area contributed by atoms with Gasteiger partial charge in [-0.1, -0.05) is 36.4 Å². The Balaban J connectivity index is 1.46. The summed E-state index contributed by atoms with van der Waals surface area (Å²) in [4.78, 5) is 24.8. The number of rotatable bonds is 7. The Morgan fingerprint density at radius 3 is 2.48 bits per heavy atom. The number of methoxy groups -OCH3 is 1. The summed E-state index contributed by atoms with van der Waals surface area (Å²) in [6.07, 6.45) is 1.57. The van der Waals surface area contributed by atoms with Crippen LogP contribution in [0.1, 0.15) is 23.2 Å². The zero-order valence-corrected chi connectivity index (χ0v) is 18.9. The molecule has 0 unspecified atom stereocenters. The number of nitrogens with one attached hydrogen (secondary N) is 1. The molecule has 172 valence electrons. The minimum absolute atomic E-state index is 0.0199. The Labute approximate surface area is 192 Å². The van der Waals surface area contributed by atoms with Gasteiger partial charge >= 0.3 is 5.97 Å². The third-order valence-electron chi connectivity index (χ3n) is 5.48. The van der Waals surface area contributed by atoms with Crippen LogP contribution >= 0.6 is 0 Å². The summed E-state index contributed by atoms with van der Waals surface area (Å²) in [5.41, 5.74) is 0.629. The van der Waals surface area contributed by atoms with Crippen LogP contribution in [0.25, 0.3) is 10.8 Å². The topological polar surface area (TPSA) is 102 Å². The van der Waals surface area contributed by atoms with Crippen molar-refractivity contribution in [3.63, 3.8) is 0 Å². The van der Waals surface area contributed by atoms with Gasteiger partial charge in [0.2, 0.25) is 10.0 Å². The number of hydrogen-bond donors (Lipinski definition) is 1. The fourth-order valence-electron chi connectivity index (χ4n) is 3.81. The molecule has 1 amide bonds. The van der Waals surface area contributed by atoms with E-state index in [1.807, 2.05) is 36.4 Å². The molecule has 1 aliphatic heterocycles. The molecule has 3 aromatic carbocycles. The highest BCUT2D eigenvalue weighted by Gasteiger charge is 2.31. The maximum Gasteiger partial charge on any atom is 0.338 e. The summed E-state index contributed by atoms with van der Waals surface area (Å²) in [6.45, 7) is 0.339. The predicted molar refractivity (Wildman–Crippen MR) is 124 cm³/mol. The van der Waals surface area contributed by atoms with Crippen LogP contribution in [0, 0.1) is 0 Å². The SMILES string of the molecule is COc1ccc(C(=O)OCC(=O)Nc2cccc3ccccc23)cc1S(=O)(=O)N1CCCC1. The lowest BCUT2D eigenvalue weighted by molar-refractivity contribution is -0.119. The molecule has 9 heteroatoms. The summed E-state index contributed by atoms with van der Waals surface area (Å²) in [5, 5.41) is 4.58. The zero-order chi connectivity index (χ0) is 23.4. The molecule has 0 bridgehead atoms. The molecule has 0 aliphatic carbocycles. The number of sulfonamides is 1. The van der Waals surface area contributed by atoms with Crippen molar-refractivity contribution in [3.8, 4) is 5.75 Å². The van der Waals surface area contributed by atoms with Crippen molar-refractivity contribution in [1.82, 2.24) is 4.31 Å². The second-order valence-corrected chi connectivity index (χ2v) is 9.53. The average molecular weight is 469 g/mol. The van der Waals surface area contributed by atoms with E-state index in [0.29, 0.717) is 18.8 Å². The Bertz CT molecular complexity index is 1290. The Morgan fingerprint density at radius 2 is 1.73 bits per heavy atom. The van der Waals surface area contributed by atoms with Crippen molar-refractivity contribution < 1.29 is 27.5 Å². The van der Waals surface area contributed by atoms with Gasteiger partial charge in [0.15, 0.2) is 6.61 Å². The number of carbonyl (C=O) groups excluding carboxylic acids is 2. The van der Waals surface area contributed by atoms with Gasteiger partial charge in [0.05, 0.1) is 12.7 Å². The second-order valence-electron chi connectivity index (χ2n) is 7.63. The maximum atomic E-state index is 13.0. The van der Waals surface area contributed by atoms with Gasteiger partial charge in [-0.25, -0.2) is 13.2 Å². The highest BCUT2D eigenvalue weighted by Crippen LogP contribution is 2.30. The number of ether oxygens (including phenoxy) is 2. The largest absolute Gasteiger partial charge is 0.495 e. The molecular formula is C24H24N2O6S. The van der Waals surface area contributed by atoms with Crippen LogP contribution in [0.3, 0.4) is 0 Å². The van der Waals surface area contributed by atoms with Crippen LogP contribution in [-0.2, 0) is 19.6 Å². The van der Waals surface area contributed by atoms with E-state index >= 15 is 0 Å². The van der Waals surface area contributed by atoms with Crippen LogP contribution in [0.5, 0.6) is 5.75 Å². The number of nitrogens with zero attached hydrogens (tertiary/aromatic N) is 1. The summed E-state index contributed by atoms with van der Waals surface area (Å²) in [7, 11) is -2.44. The molecule has 0 aromatic heterocycles. The molecular weight excluding hydrogens is 444 g/mol. The number of fused-ring (bicyclic) bond motifs is 1. The maximum absolute atomic E-state index is 13.0. The van der Waals surface area contributed by atoms with E-state index in [4.69, 9.17) is 9.47 Å². The smallest absolute Gasteiger partial charge is 0.338 e. The second kappa shape index (κ2) is 9.60. The molecule has 0 radical (unpaired) electrons. The van der Waals surface area contributed by atoms with E-state index in [9.17, 15) is 18.0 Å². The Kier molecular flexibility index (Phi) is 6.62. The van der Waals surface area contributed by atoms with Crippen molar-refractivity contribution in [1.29, 1.82) is 0 Å². The van der Waals surface area contributed by atoms with E-state index in [1.54, 1.807) is 6.07 Å². The summed E-state index contributed by atoms with van der Waals surface area (Å²) in [5.74, 6) is -1.16. The molecule has 3 aromatic rings. The van der Waals surface area contributed by atoms with Gasteiger partial charge in [0.25, 0.3) is 5.91 Å². The average Bonchev–Trinajstić information content (AvgIpc) is 3.38. The molecule has 0 atom stereocenters. The van der Waals surface area contributed by atoms with Gasteiger partial charge in [-0.3, -0.25) is 4.79 Å². The number of benzene rings is 3. The quantitative estimate of drug-likeness (QED) is 0.533. The van der Waals surface area contributed by atoms with Crippen molar-refractivity contribution in [3.05, 3.63) is 66.2 Å². The zero-order valence-electron chi connectivity index (χ0n) is 18.1. The third-order valence-corrected chi connectivity index (χ3v) is 7.40. The standard InChI is InChI=1S/C24H24N2O6S/c1-31-21-12-11-18(15-22(21)33(29,30)26-13-4-5-14-26)24(28)32-16-23(27)25-20-10-6-8-17-7-2-3-9-19(17)20/h2-3,6-12,15H,4-5,13-14,16H2,1H3,(H,25,27). The number of carbonyl (C=O) groups is 2. The highest BCUT2D eigenvalue weighted by atomic mass is 32.2. The van der Waals surface area contributed by atoms with Crippen molar-refractivity contribution >= 4 is 38.4 Å². The predicted octanol–water partition coefficient (Wildman–Crippen LogP) is 3.43. The first kappa shape index (κ1) is 22.8. The molecule has 1 fully saturated rings. The Morgan fingerprint density at radius 1 is 1.00 bits per heavy atom. The molecule has 33 heavy (non-hydrogen) atoms. The molecule has 4 rings (SSSR count). The fourth-order valence-corrected chi connectivity index (χ4v) is 5.51. The third kappa shape index (κ3) is 4.84. The monoisotopic (exact) mass is 468 g/mol. The summed E-state index contributed by atoms with van der Waals surface area (Å²) in [6, 6.07) is 17.2. The van der Waals surface area contributed by atoms with Gasteiger partial charge in [-0.05, 0) is 42.5 Å². The lowest BCUT2D eigenvalue weighted by Crippen LogP contribution is -2.28. The molecule has 1 saturated heterocycles. The number of esters is 1. The van der Waals surface area contributed by atoms with E-state index in [-0.39, 0.29) is 16.2 Å². The van der Waals surface area contributed by atoms with Crippen LogP contribution < -0.4 is 10.1 Å². The van der Waals surface area contributed by atoms with E-state index < -0.39 is 28.5 Å². The molecule has 8 nitrogen and oxygen atoms in total. The number of anilines is 1. The number of amides is 1. The highest BCUT2D eigenvalue weighted by molar-refractivity contribution is 7.89. The van der Waals surface area contributed by atoms with Gasteiger partial charge in [0.1, 0.15) is 10.6 Å². The lowest BCUT2D eigenvalue weighted by atomic mass is 10.1. The minimum Gasteiger partial charge on any atom is -0.495 e. The van der Waals surface area contributed by atoms with Crippen molar-refractivity contribution in [2.45, 2.75) is 17.7 Å². The van der Waals surface area contributed by atoms with Crippen LogP contribution in [0.15, 0.2) is 65.6 Å². The molecule has 1 aliphatic rings. The fraction of sp³-hybridized carbons (Fsp3) is 0.250. The normalized spacial score (nSPS) is 14.2. The van der Waals surface area contributed by atoms with Crippen molar-refractivity contribution in [2.24, 2.45) is 0 Å². The van der Waals surface area contributed by atoms with E-state index in [2.05, 4.69) is 5.32 Å².